The molecule has 0 N–H and O–H groups in total. The maximum absolute atomic E-state index is 12.1. The zero-order valence-electron chi connectivity index (χ0n) is 9.77. The third-order valence-corrected chi connectivity index (χ3v) is 4.92. The van der Waals surface area contributed by atoms with Gasteiger partial charge < -0.3 is 0 Å². The van der Waals surface area contributed by atoms with Crippen molar-refractivity contribution in [3.05, 3.63) is 29.3 Å². The van der Waals surface area contributed by atoms with Crippen molar-refractivity contribution in [3.63, 3.8) is 0 Å². The Morgan fingerprint density at radius 1 is 1.47 bits per heavy atom. The lowest BCUT2D eigenvalue weighted by molar-refractivity contribution is 0.583. The molecule has 5 heteroatoms. The van der Waals surface area contributed by atoms with E-state index in [1.807, 2.05) is 13.0 Å². The average Bonchev–Trinajstić information content (AvgIpc) is 2.27. The minimum absolute atomic E-state index is 0.0335. The van der Waals surface area contributed by atoms with Crippen LogP contribution in [0.1, 0.15) is 18.1 Å². The van der Waals surface area contributed by atoms with Gasteiger partial charge in [0.25, 0.3) is 0 Å². The highest BCUT2D eigenvalue weighted by Crippen LogP contribution is 2.20. The summed E-state index contributed by atoms with van der Waals surface area (Å²) in [5.41, 5.74) is 1.07. The Kier molecular flexibility index (Phi) is 4.55. The van der Waals surface area contributed by atoms with Gasteiger partial charge in [-0.25, -0.2) is 8.42 Å². The SMILES string of the molecule is Cc1ccc(S(=O)(=O)CC(C)CCl)c(C#N)c1. The van der Waals surface area contributed by atoms with Gasteiger partial charge in [-0.1, -0.05) is 13.0 Å². The van der Waals surface area contributed by atoms with Crippen LogP contribution in [0.2, 0.25) is 0 Å². The van der Waals surface area contributed by atoms with Gasteiger partial charge in [0, 0.05) is 5.88 Å². The van der Waals surface area contributed by atoms with Crippen molar-refractivity contribution >= 4 is 21.4 Å². The summed E-state index contributed by atoms with van der Waals surface area (Å²) in [6.45, 7) is 3.59. The Morgan fingerprint density at radius 2 is 2.12 bits per heavy atom. The largest absolute Gasteiger partial charge is 0.224 e. The number of alkyl halides is 1. The van der Waals surface area contributed by atoms with Gasteiger partial charge >= 0.3 is 0 Å². The molecule has 0 aliphatic rings. The Bertz CT molecular complexity index is 546. The van der Waals surface area contributed by atoms with Crippen LogP contribution in [0.3, 0.4) is 0 Å². The van der Waals surface area contributed by atoms with Crippen LogP contribution in [0.5, 0.6) is 0 Å². The first-order valence-corrected chi connectivity index (χ1v) is 7.39. The summed E-state index contributed by atoms with van der Waals surface area (Å²) < 4.78 is 24.2. The molecular weight excluding hydrogens is 258 g/mol. The van der Waals surface area contributed by atoms with Crippen molar-refractivity contribution in [1.29, 1.82) is 5.26 Å². The van der Waals surface area contributed by atoms with Gasteiger partial charge in [0.05, 0.1) is 16.2 Å². The van der Waals surface area contributed by atoms with Crippen LogP contribution in [0.4, 0.5) is 0 Å². The summed E-state index contributed by atoms with van der Waals surface area (Å²) in [4.78, 5) is 0.0996. The summed E-state index contributed by atoms with van der Waals surface area (Å²) in [5.74, 6) is 0.121. The van der Waals surface area contributed by atoms with E-state index in [1.54, 1.807) is 19.1 Å². The lowest BCUT2D eigenvalue weighted by Gasteiger charge is -2.10. The highest BCUT2D eigenvalue weighted by molar-refractivity contribution is 7.91. The Balaban J connectivity index is 3.21. The molecule has 1 unspecified atom stereocenters. The minimum atomic E-state index is -3.44. The molecule has 0 aliphatic heterocycles. The molecule has 0 aliphatic carbocycles. The average molecular weight is 272 g/mol. The Hall–Kier alpha value is -1.05. The van der Waals surface area contributed by atoms with Crippen molar-refractivity contribution in [1.82, 2.24) is 0 Å². The lowest BCUT2D eigenvalue weighted by atomic mass is 10.2. The number of sulfone groups is 1. The molecular formula is C12H14ClNO2S. The number of rotatable bonds is 4. The Labute approximate surface area is 107 Å². The molecule has 3 nitrogen and oxygen atoms in total. The molecule has 0 bridgehead atoms. The van der Waals surface area contributed by atoms with Gasteiger partial charge in [0.2, 0.25) is 0 Å². The smallest absolute Gasteiger partial charge is 0.179 e. The van der Waals surface area contributed by atoms with Crippen LogP contribution in [0, 0.1) is 24.2 Å². The fourth-order valence-corrected chi connectivity index (χ4v) is 3.51. The second kappa shape index (κ2) is 5.52. The van der Waals surface area contributed by atoms with E-state index in [1.165, 1.54) is 6.07 Å². The molecule has 0 saturated carbocycles. The normalized spacial score (nSPS) is 13.1. The molecule has 0 radical (unpaired) electrons. The molecule has 0 spiro atoms. The zero-order valence-corrected chi connectivity index (χ0v) is 11.3. The van der Waals surface area contributed by atoms with Crippen molar-refractivity contribution in [3.8, 4) is 6.07 Å². The second-order valence-corrected chi connectivity index (χ2v) is 6.46. The molecule has 0 fully saturated rings. The van der Waals surface area contributed by atoms with Crippen molar-refractivity contribution in [2.75, 3.05) is 11.6 Å². The highest BCUT2D eigenvalue weighted by Gasteiger charge is 2.21. The van der Waals surface area contributed by atoms with E-state index in [9.17, 15) is 8.42 Å². The fraction of sp³-hybridized carbons (Fsp3) is 0.417. The molecule has 1 aromatic rings. The van der Waals surface area contributed by atoms with E-state index in [0.29, 0.717) is 0 Å². The third kappa shape index (κ3) is 3.45. The maximum Gasteiger partial charge on any atom is 0.179 e. The second-order valence-electron chi connectivity index (χ2n) is 4.15. The van der Waals surface area contributed by atoms with E-state index in [0.717, 1.165) is 5.56 Å². The molecule has 0 amide bonds. The molecule has 1 atom stereocenters. The van der Waals surface area contributed by atoms with Crippen molar-refractivity contribution in [2.24, 2.45) is 5.92 Å². The summed E-state index contributed by atoms with van der Waals surface area (Å²) in [5, 5.41) is 8.96. The first-order chi connectivity index (χ1) is 7.90. The Morgan fingerprint density at radius 3 is 2.65 bits per heavy atom. The van der Waals surface area contributed by atoms with Crippen LogP contribution in [0.15, 0.2) is 23.1 Å². The van der Waals surface area contributed by atoms with Crippen LogP contribution in [-0.2, 0) is 9.84 Å². The van der Waals surface area contributed by atoms with Crippen LogP contribution in [-0.4, -0.2) is 20.1 Å². The third-order valence-electron chi connectivity index (χ3n) is 2.36. The molecule has 1 aromatic carbocycles. The number of hydrogen-bond donors (Lipinski definition) is 0. The fourth-order valence-electron chi connectivity index (χ4n) is 1.51. The summed E-state index contributed by atoms with van der Waals surface area (Å²) >= 11 is 5.61. The number of benzene rings is 1. The predicted molar refractivity (Wildman–Crippen MR) is 67.8 cm³/mol. The van der Waals surface area contributed by atoms with Gasteiger partial charge in [-0.05, 0) is 30.5 Å². The van der Waals surface area contributed by atoms with Gasteiger partial charge in [0.15, 0.2) is 9.84 Å². The van der Waals surface area contributed by atoms with Gasteiger partial charge in [-0.3, -0.25) is 0 Å². The number of aryl methyl sites for hydroxylation is 1. The van der Waals surface area contributed by atoms with Crippen LogP contribution >= 0.6 is 11.6 Å². The molecule has 0 heterocycles. The summed E-state index contributed by atoms with van der Waals surface area (Å²) in [6.07, 6.45) is 0. The number of nitriles is 1. The maximum atomic E-state index is 12.1. The highest BCUT2D eigenvalue weighted by atomic mass is 35.5. The van der Waals surface area contributed by atoms with E-state index in [-0.39, 0.29) is 28.0 Å². The molecule has 17 heavy (non-hydrogen) atoms. The quantitative estimate of drug-likeness (QED) is 0.791. The van der Waals surface area contributed by atoms with Crippen LogP contribution < -0.4 is 0 Å². The standard InChI is InChI=1S/C12H14ClNO2S/c1-9-3-4-12(11(5-9)7-14)17(15,16)8-10(2)6-13/h3-5,10H,6,8H2,1-2H3. The molecule has 0 saturated heterocycles. The van der Waals surface area contributed by atoms with Crippen molar-refractivity contribution < 1.29 is 8.42 Å². The van der Waals surface area contributed by atoms with Crippen molar-refractivity contribution in [2.45, 2.75) is 18.7 Å². The zero-order chi connectivity index (χ0) is 13.1. The topological polar surface area (TPSA) is 57.9 Å². The summed E-state index contributed by atoms with van der Waals surface area (Å²) in [6, 6.07) is 6.69. The van der Waals surface area contributed by atoms with Gasteiger partial charge in [-0.2, -0.15) is 5.26 Å². The first-order valence-electron chi connectivity index (χ1n) is 5.20. The molecule has 1 rings (SSSR count). The molecule has 92 valence electrons. The number of hydrogen-bond acceptors (Lipinski definition) is 3. The molecule has 0 aromatic heterocycles. The van der Waals surface area contributed by atoms with E-state index in [4.69, 9.17) is 16.9 Å². The number of halogens is 1. The number of nitrogens with zero attached hydrogens (tertiary/aromatic N) is 1. The monoisotopic (exact) mass is 271 g/mol. The van der Waals surface area contributed by atoms with Crippen LogP contribution in [0.25, 0.3) is 0 Å². The van der Waals surface area contributed by atoms with E-state index >= 15 is 0 Å². The lowest BCUT2D eigenvalue weighted by Crippen LogP contribution is -2.16. The van der Waals surface area contributed by atoms with E-state index < -0.39 is 9.84 Å². The predicted octanol–water partition coefficient (Wildman–Crippen LogP) is 2.52. The van der Waals surface area contributed by atoms with E-state index in [2.05, 4.69) is 0 Å². The summed E-state index contributed by atoms with van der Waals surface area (Å²) in [7, 11) is -3.44. The minimum Gasteiger partial charge on any atom is -0.224 e. The first kappa shape index (κ1) is 14.0. The van der Waals surface area contributed by atoms with Gasteiger partial charge in [-0.15, -0.1) is 11.6 Å². The van der Waals surface area contributed by atoms with Gasteiger partial charge in [0.1, 0.15) is 6.07 Å².